The molecular weight excluding hydrogens is 416 g/mol. The Morgan fingerprint density at radius 2 is 1.68 bits per heavy atom. The van der Waals surface area contributed by atoms with Crippen LogP contribution in [0.4, 0.5) is 17.1 Å². The number of carbonyl (C=O) groups is 1. The topological polar surface area (TPSA) is 82.2 Å². The van der Waals surface area contributed by atoms with E-state index in [1.54, 1.807) is 12.1 Å². The van der Waals surface area contributed by atoms with E-state index < -0.39 is 10.2 Å². The molecule has 2 fully saturated rings. The van der Waals surface area contributed by atoms with Crippen LogP contribution in [-0.4, -0.2) is 59.8 Å². The number of ether oxygens (including phenoxy) is 1. The van der Waals surface area contributed by atoms with Gasteiger partial charge in [-0.25, -0.2) is 8.61 Å². The lowest BCUT2D eigenvalue weighted by Gasteiger charge is -2.28. The van der Waals surface area contributed by atoms with E-state index in [0.29, 0.717) is 24.5 Å². The number of hydrogen-bond acceptors (Lipinski definition) is 5. The summed E-state index contributed by atoms with van der Waals surface area (Å²) in [4.78, 5) is 14.8. The van der Waals surface area contributed by atoms with Gasteiger partial charge in [-0.3, -0.25) is 4.79 Å². The largest absolute Gasteiger partial charge is 0.378 e. The Hall–Kier alpha value is -2.78. The van der Waals surface area contributed by atoms with Gasteiger partial charge in [-0.1, -0.05) is 12.1 Å². The van der Waals surface area contributed by atoms with Gasteiger partial charge in [0, 0.05) is 36.9 Å². The number of amides is 1. The van der Waals surface area contributed by atoms with Crippen molar-refractivity contribution in [2.45, 2.75) is 18.9 Å². The Kier molecular flexibility index (Phi) is 5.23. The number of rotatable bonds is 6. The Bertz CT molecular complexity index is 1060. The highest BCUT2D eigenvalue weighted by molar-refractivity contribution is 7.94. The van der Waals surface area contributed by atoms with Crippen LogP contribution >= 0.6 is 0 Å². The molecular formula is C22H26N4O4S. The van der Waals surface area contributed by atoms with Gasteiger partial charge in [0.1, 0.15) is 0 Å². The fourth-order valence-corrected chi connectivity index (χ4v) is 6.09. The molecule has 5 rings (SSSR count). The average molecular weight is 443 g/mol. The molecule has 1 saturated heterocycles. The van der Waals surface area contributed by atoms with Crippen molar-refractivity contribution in [2.24, 2.45) is 0 Å². The van der Waals surface area contributed by atoms with E-state index in [-0.39, 0.29) is 25.0 Å². The van der Waals surface area contributed by atoms with Crippen LogP contribution in [0.15, 0.2) is 48.5 Å². The summed E-state index contributed by atoms with van der Waals surface area (Å²) in [5.74, 6) is -0.211. The second kappa shape index (κ2) is 8.05. The third-order valence-corrected chi connectivity index (χ3v) is 7.83. The second-order valence-corrected chi connectivity index (χ2v) is 9.73. The molecule has 0 atom stereocenters. The van der Waals surface area contributed by atoms with Crippen molar-refractivity contribution >= 4 is 33.2 Å². The first kappa shape index (κ1) is 20.1. The SMILES string of the molecule is O=C(NCCN1c2ccccc2N(C2CC2)S1(=O)=O)c1ccc(N2CCOCC2)cc1. The van der Waals surface area contributed by atoms with E-state index >= 15 is 0 Å². The molecule has 1 aliphatic carbocycles. The fourth-order valence-electron chi connectivity index (χ4n) is 4.16. The van der Waals surface area contributed by atoms with Crippen LogP contribution in [0.5, 0.6) is 0 Å². The summed E-state index contributed by atoms with van der Waals surface area (Å²) in [6.45, 7) is 3.53. The number of morpholine rings is 1. The molecule has 164 valence electrons. The minimum atomic E-state index is -3.60. The Labute approximate surface area is 182 Å². The van der Waals surface area contributed by atoms with Crippen molar-refractivity contribution in [3.05, 3.63) is 54.1 Å². The van der Waals surface area contributed by atoms with Gasteiger partial charge in [-0.2, -0.15) is 8.42 Å². The summed E-state index contributed by atoms with van der Waals surface area (Å²) in [5.41, 5.74) is 3.04. The molecule has 0 aromatic heterocycles. The molecule has 2 aromatic rings. The summed E-state index contributed by atoms with van der Waals surface area (Å²) in [7, 11) is -3.60. The molecule has 8 nitrogen and oxygen atoms in total. The zero-order valence-electron chi connectivity index (χ0n) is 17.2. The summed E-state index contributed by atoms with van der Waals surface area (Å²) in [6.07, 6.45) is 1.77. The molecule has 2 aliphatic heterocycles. The minimum absolute atomic E-state index is 0.0516. The first-order chi connectivity index (χ1) is 15.1. The first-order valence-electron chi connectivity index (χ1n) is 10.7. The van der Waals surface area contributed by atoms with E-state index in [9.17, 15) is 13.2 Å². The van der Waals surface area contributed by atoms with Gasteiger partial charge in [0.15, 0.2) is 0 Å². The predicted molar refractivity (Wildman–Crippen MR) is 120 cm³/mol. The van der Waals surface area contributed by atoms with Crippen LogP contribution < -0.4 is 18.8 Å². The molecule has 1 N–H and O–H groups in total. The summed E-state index contributed by atoms with van der Waals surface area (Å²) >= 11 is 0. The number of nitrogens with one attached hydrogen (secondary N) is 1. The molecule has 0 unspecified atom stereocenters. The van der Waals surface area contributed by atoms with Crippen LogP contribution in [0.25, 0.3) is 0 Å². The molecule has 1 amide bonds. The second-order valence-electron chi connectivity index (χ2n) is 8.00. The van der Waals surface area contributed by atoms with Crippen molar-refractivity contribution in [2.75, 3.05) is 52.9 Å². The molecule has 2 aromatic carbocycles. The molecule has 0 spiro atoms. The van der Waals surface area contributed by atoms with E-state index in [2.05, 4.69) is 10.2 Å². The van der Waals surface area contributed by atoms with Crippen molar-refractivity contribution in [1.82, 2.24) is 5.32 Å². The van der Waals surface area contributed by atoms with Gasteiger partial charge < -0.3 is 15.0 Å². The number of fused-ring (bicyclic) bond motifs is 1. The van der Waals surface area contributed by atoms with Gasteiger partial charge in [0.05, 0.1) is 31.1 Å². The summed E-state index contributed by atoms with van der Waals surface area (Å²) < 4.78 is 34.5. The zero-order valence-corrected chi connectivity index (χ0v) is 18.1. The highest BCUT2D eigenvalue weighted by Gasteiger charge is 2.47. The van der Waals surface area contributed by atoms with Gasteiger partial charge in [0.25, 0.3) is 5.91 Å². The number of hydrogen-bond donors (Lipinski definition) is 1. The zero-order chi connectivity index (χ0) is 21.4. The van der Waals surface area contributed by atoms with Crippen LogP contribution in [0.3, 0.4) is 0 Å². The molecule has 2 heterocycles. The molecule has 9 heteroatoms. The lowest BCUT2D eigenvalue weighted by atomic mass is 10.1. The lowest BCUT2D eigenvalue weighted by molar-refractivity contribution is 0.0954. The van der Waals surface area contributed by atoms with Crippen LogP contribution in [0.2, 0.25) is 0 Å². The number of para-hydroxylation sites is 2. The van der Waals surface area contributed by atoms with Crippen LogP contribution in [0.1, 0.15) is 23.2 Å². The van der Waals surface area contributed by atoms with Gasteiger partial charge in [0.2, 0.25) is 0 Å². The quantitative estimate of drug-likeness (QED) is 0.740. The van der Waals surface area contributed by atoms with Crippen molar-refractivity contribution in [1.29, 1.82) is 0 Å². The highest BCUT2D eigenvalue weighted by Crippen LogP contribution is 2.46. The number of carbonyl (C=O) groups excluding carboxylic acids is 1. The van der Waals surface area contributed by atoms with Gasteiger partial charge in [-0.15, -0.1) is 0 Å². The lowest BCUT2D eigenvalue weighted by Crippen LogP contribution is -2.42. The van der Waals surface area contributed by atoms with Gasteiger partial charge >= 0.3 is 10.2 Å². The molecule has 1 saturated carbocycles. The normalized spacial score (nSPS) is 19.9. The van der Waals surface area contributed by atoms with Crippen molar-refractivity contribution in [3.63, 3.8) is 0 Å². The van der Waals surface area contributed by atoms with E-state index in [0.717, 1.165) is 37.3 Å². The van der Waals surface area contributed by atoms with E-state index in [1.165, 1.54) is 8.61 Å². The van der Waals surface area contributed by atoms with Crippen LogP contribution in [-0.2, 0) is 14.9 Å². The molecule has 31 heavy (non-hydrogen) atoms. The molecule has 0 radical (unpaired) electrons. The third-order valence-electron chi connectivity index (χ3n) is 5.90. The first-order valence-corrected chi connectivity index (χ1v) is 12.1. The Morgan fingerprint density at radius 3 is 2.35 bits per heavy atom. The van der Waals surface area contributed by atoms with Crippen molar-refractivity contribution in [3.8, 4) is 0 Å². The standard InChI is InChI=1S/C22H26N4O4S/c27-22(17-5-7-18(8-6-17)24-13-15-30-16-14-24)23-11-12-25-20-3-1-2-4-21(20)26(19-9-10-19)31(25,28)29/h1-8,19H,9-16H2,(H,23,27). The highest BCUT2D eigenvalue weighted by atomic mass is 32.2. The van der Waals surface area contributed by atoms with Gasteiger partial charge in [-0.05, 0) is 49.2 Å². The molecule has 0 bridgehead atoms. The Balaban J connectivity index is 1.22. The monoisotopic (exact) mass is 442 g/mol. The maximum Gasteiger partial charge on any atom is 0.326 e. The number of anilines is 3. The average Bonchev–Trinajstić information content (AvgIpc) is 3.59. The molecule has 3 aliphatic rings. The summed E-state index contributed by atoms with van der Waals surface area (Å²) in [5, 5.41) is 2.86. The van der Waals surface area contributed by atoms with E-state index in [1.807, 2.05) is 36.4 Å². The summed E-state index contributed by atoms with van der Waals surface area (Å²) in [6, 6.07) is 14.9. The fraction of sp³-hybridized carbons (Fsp3) is 0.409. The number of benzene rings is 2. The predicted octanol–water partition coefficient (Wildman–Crippen LogP) is 1.99. The third kappa shape index (κ3) is 3.83. The Morgan fingerprint density at radius 1 is 1.00 bits per heavy atom. The van der Waals surface area contributed by atoms with E-state index in [4.69, 9.17) is 4.74 Å². The smallest absolute Gasteiger partial charge is 0.326 e. The maximum absolute atomic E-state index is 13.1. The number of nitrogens with zero attached hydrogens (tertiary/aromatic N) is 3. The minimum Gasteiger partial charge on any atom is -0.378 e. The van der Waals surface area contributed by atoms with Crippen molar-refractivity contribution < 1.29 is 17.9 Å². The van der Waals surface area contributed by atoms with Crippen LogP contribution in [0, 0.1) is 0 Å². The maximum atomic E-state index is 13.1.